The zero-order valence-corrected chi connectivity index (χ0v) is 8.58. The highest BCUT2D eigenvalue weighted by molar-refractivity contribution is 5.96. The molecular weight excluding hydrogens is 233 g/mol. The molecule has 0 bridgehead atoms. The van der Waals surface area contributed by atoms with E-state index < -0.39 is 35.0 Å². The predicted octanol–water partition coefficient (Wildman–Crippen LogP) is 1.98. The molecule has 1 amide bonds. The largest absolute Gasteiger partial charge is 0.308 e. The number of hydrogen-bond acceptors (Lipinski definition) is 2. The molecule has 1 unspecified atom stereocenters. The second kappa shape index (κ2) is 4.09. The Labute approximate surface area is 95.1 Å². The number of hydrogen-bond donors (Lipinski definition) is 0. The lowest BCUT2D eigenvalue weighted by Gasteiger charge is -2.16. The summed E-state index contributed by atoms with van der Waals surface area (Å²) in [6.07, 6.45) is -0.0614. The maximum Gasteiger partial charge on any atom is 0.228 e. The molecule has 1 aromatic carbocycles. The van der Waals surface area contributed by atoms with Crippen LogP contribution >= 0.6 is 0 Å². The van der Waals surface area contributed by atoms with Crippen molar-refractivity contribution in [3.63, 3.8) is 0 Å². The van der Waals surface area contributed by atoms with E-state index in [1.165, 1.54) is 0 Å². The van der Waals surface area contributed by atoms with Crippen molar-refractivity contribution in [2.45, 2.75) is 6.42 Å². The van der Waals surface area contributed by atoms with Gasteiger partial charge in [-0.25, -0.2) is 13.2 Å². The summed E-state index contributed by atoms with van der Waals surface area (Å²) < 4.78 is 39.4. The van der Waals surface area contributed by atoms with Crippen molar-refractivity contribution in [3.8, 4) is 6.07 Å². The van der Waals surface area contributed by atoms with Crippen LogP contribution in [0.1, 0.15) is 6.42 Å². The third kappa shape index (κ3) is 1.96. The fourth-order valence-corrected chi connectivity index (χ4v) is 1.77. The molecule has 1 atom stereocenters. The summed E-state index contributed by atoms with van der Waals surface area (Å²) in [7, 11) is 0. The first-order valence-corrected chi connectivity index (χ1v) is 4.87. The second-order valence-corrected chi connectivity index (χ2v) is 3.76. The van der Waals surface area contributed by atoms with Gasteiger partial charge in [0.1, 0.15) is 5.82 Å². The first-order valence-electron chi connectivity index (χ1n) is 4.87. The maximum absolute atomic E-state index is 13.4. The van der Waals surface area contributed by atoms with Crippen molar-refractivity contribution < 1.29 is 18.0 Å². The summed E-state index contributed by atoms with van der Waals surface area (Å²) in [6.45, 7) is -0.0465. The zero-order chi connectivity index (χ0) is 12.6. The molecule has 1 fully saturated rings. The molecule has 17 heavy (non-hydrogen) atoms. The average molecular weight is 240 g/mol. The van der Waals surface area contributed by atoms with Crippen molar-refractivity contribution in [1.82, 2.24) is 0 Å². The van der Waals surface area contributed by atoms with Crippen molar-refractivity contribution in [3.05, 3.63) is 29.6 Å². The number of carbonyl (C=O) groups excluding carboxylic acids is 1. The monoisotopic (exact) mass is 240 g/mol. The predicted molar refractivity (Wildman–Crippen MR) is 52.4 cm³/mol. The number of nitriles is 1. The lowest BCUT2D eigenvalue weighted by atomic mass is 10.1. The van der Waals surface area contributed by atoms with E-state index >= 15 is 0 Å². The van der Waals surface area contributed by atoms with E-state index in [4.69, 9.17) is 5.26 Å². The molecule has 1 heterocycles. The van der Waals surface area contributed by atoms with Crippen LogP contribution in [0.3, 0.4) is 0 Å². The van der Waals surface area contributed by atoms with E-state index in [9.17, 15) is 18.0 Å². The van der Waals surface area contributed by atoms with Gasteiger partial charge in [0.2, 0.25) is 5.91 Å². The molecule has 6 heteroatoms. The quantitative estimate of drug-likeness (QED) is 0.704. The molecule has 1 saturated heterocycles. The van der Waals surface area contributed by atoms with Crippen LogP contribution in [0.2, 0.25) is 0 Å². The molecule has 0 aliphatic carbocycles. The van der Waals surface area contributed by atoms with Gasteiger partial charge in [-0.05, 0) is 0 Å². The van der Waals surface area contributed by atoms with Crippen LogP contribution in [-0.4, -0.2) is 12.5 Å². The molecule has 3 nitrogen and oxygen atoms in total. The fourth-order valence-electron chi connectivity index (χ4n) is 1.77. The number of amides is 1. The lowest BCUT2D eigenvalue weighted by Crippen LogP contribution is -2.26. The first kappa shape index (κ1) is 11.5. The van der Waals surface area contributed by atoms with Gasteiger partial charge in [-0.2, -0.15) is 5.26 Å². The molecule has 1 aliphatic rings. The number of carbonyl (C=O) groups is 1. The Morgan fingerprint density at radius 3 is 2.65 bits per heavy atom. The Kier molecular flexibility index (Phi) is 2.76. The highest BCUT2D eigenvalue weighted by Gasteiger charge is 2.33. The van der Waals surface area contributed by atoms with Crippen LogP contribution in [0.15, 0.2) is 12.1 Å². The van der Waals surface area contributed by atoms with E-state index in [1.54, 1.807) is 0 Å². The van der Waals surface area contributed by atoms with Crippen LogP contribution in [0, 0.1) is 34.7 Å². The summed E-state index contributed by atoms with van der Waals surface area (Å²) in [4.78, 5) is 12.4. The minimum atomic E-state index is -1.35. The number of nitrogens with zero attached hydrogens (tertiary/aromatic N) is 2. The van der Waals surface area contributed by atoms with Crippen LogP contribution in [0.5, 0.6) is 0 Å². The van der Waals surface area contributed by atoms with Crippen LogP contribution in [0.25, 0.3) is 0 Å². The van der Waals surface area contributed by atoms with Crippen molar-refractivity contribution in [2.75, 3.05) is 11.4 Å². The van der Waals surface area contributed by atoms with Crippen molar-refractivity contribution in [1.29, 1.82) is 5.26 Å². The molecule has 88 valence electrons. The van der Waals surface area contributed by atoms with Gasteiger partial charge in [0.15, 0.2) is 11.6 Å². The minimum absolute atomic E-state index is 0.0465. The number of benzene rings is 1. The maximum atomic E-state index is 13.4. The first-order chi connectivity index (χ1) is 8.02. The second-order valence-electron chi connectivity index (χ2n) is 3.76. The minimum Gasteiger partial charge on any atom is -0.308 e. The molecular formula is C11H7F3N2O. The molecule has 0 aromatic heterocycles. The van der Waals surface area contributed by atoms with Gasteiger partial charge >= 0.3 is 0 Å². The van der Waals surface area contributed by atoms with Gasteiger partial charge in [-0.15, -0.1) is 0 Å². The fraction of sp³-hybridized carbons (Fsp3) is 0.273. The summed E-state index contributed by atoms with van der Waals surface area (Å²) in [5.41, 5.74) is -0.453. The molecule has 0 radical (unpaired) electrons. The molecule has 2 rings (SSSR count). The van der Waals surface area contributed by atoms with Gasteiger partial charge < -0.3 is 4.90 Å². The summed E-state index contributed by atoms with van der Waals surface area (Å²) in [5, 5.41) is 8.66. The topological polar surface area (TPSA) is 44.1 Å². The SMILES string of the molecule is N#CC1CC(=O)N(c2cc(F)cc(F)c2F)C1. The Morgan fingerprint density at radius 2 is 2.06 bits per heavy atom. The lowest BCUT2D eigenvalue weighted by molar-refractivity contribution is -0.117. The Morgan fingerprint density at radius 1 is 1.35 bits per heavy atom. The van der Waals surface area contributed by atoms with Crippen LogP contribution in [0.4, 0.5) is 18.9 Å². The summed E-state index contributed by atoms with van der Waals surface area (Å²) in [5.74, 6) is -4.69. The van der Waals surface area contributed by atoms with E-state index in [2.05, 4.69) is 0 Å². The molecule has 0 spiro atoms. The normalized spacial score (nSPS) is 19.5. The van der Waals surface area contributed by atoms with E-state index in [0.717, 1.165) is 11.0 Å². The van der Waals surface area contributed by atoms with Gasteiger partial charge in [-0.1, -0.05) is 0 Å². The zero-order valence-electron chi connectivity index (χ0n) is 8.58. The summed E-state index contributed by atoms with van der Waals surface area (Å²) in [6, 6.07) is 3.02. The average Bonchev–Trinajstić information content (AvgIpc) is 2.65. The van der Waals surface area contributed by atoms with Gasteiger partial charge in [0.25, 0.3) is 0 Å². The highest BCUT2D eigenvalue weighted by atomic mass is 19.2. The Hall–Kier alpha value is -2.03. The number of anilines is 1. The third-order valence-corrected chi connectivity index (χ3v) is 2.57. The van der Waals surface area contributed by atoms with E-state index in [1.807, 2.05) is 6.07 Å². The standard InChI is InChI=1S/C11H7F3N2O/c12-7-2-8(13)11(14)9(3-7)16-5-6(4-15)1-10(16)17/h2-3,6H,1,5H2. The van der Waals surface area contributed by atoms with Gasteiger partial charge in [-0.3, -0.25) is 4.79 Å². The van der Waals surface area contributed by atoms with Crippen LogP contribution < -0.4 is 4.90 Å². The van der Waals surface area contributed by atoms with Crippen molar-refractivity contribution >= 4 is 11.6 Å². The van der Waals surface area contributed by atoms with E-state index in [0.29, 0.717) is 6.07 Å². The molecule has 1 aliphatic heterocycles. The summed E-state index contributed by atoms with van der Waals surface area (Å²) >= 11 is 0. The number of halogens is 3. The van der Waals surface area contributed by atoms with Gasteiger partial charge in [0.05, 0.1) is 17.7 Å². The molecule has 1 aromatic rings. The third-order valence-electron chi connectivity index (χ3n) is 2.57. The Balaban J connectivity index is 2.42. The molecule has 0 N–H and O–H groups in total. The van der Waals surface area contributed by atoms with Crippen molar-refractivity contribution in [2.24, 2.45) is 5.92 Å². The van der Waals surface area contributed by atoms with Crippen LogP contribution in [-0.2, 0) is 4.79 Å². The highest BCUT2D eigenvalue weighted by Crippen LogP contribution is 2.29. The smallest absolute Gasteiger partial charge is 0.228 e. The van der Waals surface area contributed by atoms with Gasteiger partial charge in [0, 0.05) is 25.1 Å². The van der Waals surface area contributed by atoms with E-state index in [-0.39, 0.29) is 13.0 Å². The Bertz CT molecular complexity index is 524. The number of rotatable bonds is 1. The molecule has 0 saturated carbocycles.